The van der Waals surface area contributed by atoms with Gasteiger partial charge in [0.25, 0.3) is 5.91 Å². The Morgan fingerprint density at radius 2 is 1.83 bits per heavy atom. The molecule has 0 atom stereocenters. The van der Waals surface area contributed by atoms with Crippen LogP contribution in [-0.4, -0.2) is 18.4 Å². The molecular formula is C20H20N2O2. The Labute approximate surface area is 141 Å². The Kier molecular flexibility index (Phi) is 3.60. The first-order valence-corrected chi connectivity index (χ1v) is 8.46. The van der Waals surface area contributed by atoms with E-state index in [1.807, 2.05) is 48.2 Å². The summed E-state index contributed by atoms with van der Waals surface area (Å²) in [4.78, 5) is 26.7. The molecule has 24 heavy (non-hydrogen) atoms. The van der Waals surface area contributed by atoms with Gasteiger partial charge in [0.05, 0.1) is 5.69 Å². The van der Waals surface area contributed by atoms with Crippen LogP contribution in [0.25, 0.3) is 0 Å². The van der Waals surface area contributed by atoms with Gasteiger partial charge in [-0.3, -0.25) is 9.59 Å². The lowest BCUT2D eigenvalue weighted by atomic mass is 9.89. The maximum Gasteiger partial charge on any atom is 0.255 e. The molecule has 0 unspecified atom stereocenters. The molecule has 2 aromatic rings. The average Bonchev–Trinajstić information content (AvgIpc) is 2.60. The Bertz CT molecular complexity index is 824. The highest BCUT2D eigenvalue weighted by Gasteiger charge is 2.30. The molecule has 2 aliphatic heterocycles. The summed E-state index contributed by atoms with van der Waals surface area (Å²) in [5.41, 5.74) is 5.88. The SMILES string of the molecule is Cc1ccccc1NC(=O)c1cc2c3c(c1)CCC(=O)N3CCC2. The van der Waals surface area contributed by atoms with Crippen LogP contribution in [0.3, 0.4) is 0 Å². The van der Waals surface area contributed by atoms with E-state index in [9.17, 15) is 9.59 Å². The zero-order chi connectivity index (χ0) is 16.7. The van der Waals surface area contributed by atoms with Crippen molar-refractivity contribution < 1.29 is 9.59 Å². The van der Waals surface area contributed by atoms with Crippen molar-refractivity contribution >= 4 is 23.2 Å². The lowest BCUT2D eigenvalue weighted by molar-refractivity contribution is -0.119. The highest BCUT2D eigenvalue weighted by molar-refractivity contribution is 6.06. The van der Waals surface area contributed by atoms with E-state index >= 15 is 0 Å². The summed E-state index contributed by atoms with van der Waals surface area (Å²) < 4.78 is 0. The van der Waals surface area contributed by atoms with Crippen LogP contribution in [0.5, 0.6) is 0 Å². The van der Waals surface area contributed by atoms with Crippen LogP contribution in [0, 0.1) is 6.92 Å². The van der Waals surface area contributed by atoms with Crippen molar-refractivity contribution in [1.29, 1.82) is 0 Å². The number of aryl methyl sites for hydroxylation is 3. The van der Waals surface area contributed by atoms with Gasteiger partial charge in [0.15, 0.2) is 0 Å². The van der Waals surface area contributed by atoms with Crippen LogP contribution in [0.2, 0.25) is 0 Å². The number of hydrogen-bond acceptors (Lipinski definition) is 2. The van der Waals surface area contributed by atoms with Crippen molar-refractivity contribution in [1.82, 2.24) is 0 Å². The molecule has 122 valence electrons. The van der Waals surface area contributed by atoms with Gasteiger partial charge in [-0.25, -0.2) is 0 Å². The third-order valence-electron chi connectivity index (χ3n) is 4.93. The number of para-hydroxylation sites is 1. The van der Waals surface area contributed by atoms with Crippen LogP contribution in [0.1, 0.15) is 39.9 Å². The van der Waals surface area contributed by atoms with Crippen LogP contribution in [-0.2, 0) is 17.6 Å². The normalized spacial score (nSPS) is 15.9. The number of amides is 2. The van der Waals surface area contributed by atoms with Crippen molar-refractivity contribution in [2.24, 2.45) is 0 Å². The number of nitrogens with one attached hydrogen (secondary N) is 1. The monoisotopic (exact) mass is 320 g/mol. The maximum absolute atomic E-state index is 12.7. The minimum Gasteiger partial charge on any atom is -0.322 e. The molecule has 2 amide bonds. The van der Waals surface area contributed by atoms with Gasteiger partial charge in [-0.15, -0.1) is 0 Å². The Balaban J connectivity index is 1.69. The number of rotatable bonds is 2. The first-order valence-electron chi connectivity index (χ1n) is 8.46. The van der Waals surface area contributed by atoms with E-state index in [0.717, 1.165) is 53.9 Å². The largest absolute Gasteiger partial charge is 0.322 e. The third-order valence-corrected chi connectivity index (χ3v) is 4.93. The topological polar surface area (TPSA) is 49.4 Å². The summed E-state index contributed by atoms with van der Waals surface area (Å²) in [7, 11) is 0. The number of anilines is 2. The van der Waals surface area contributed by atoms with Gasteiger partial charge in [-0.2, -0.15) is 0 Å². The summed E-state index contributed by atoms with van der Waals surface area (Å²) in [6.07, 6.45) is 3.15. The molecule has 4 rings (SSSR count). The molecular weight excluding hydrogens is 300 g/mol. The van der Waals surface area contributed by atoms with Crippen LogP contribution < -0.4 is 10.2 Å². The molecule has 0 saturated heterocycles. The number of benzene rings is 2. The molecule has 2 heterocycles. The van der Waals surface area contributed by atoms with Gasteiger partial charge in [0, 0.05) is 24.2 Å². The smallest absolute Gasteiger partial charge is 0.255 e. The predicted octanol–water partition coefficient (Wildman–Crippen LogP) is 3.47. The molecule has 4 nitrogen and oxygen atoms in total. The molecule has 0 fully saturated rings. The molecule has 0 aromatic heterocycles. The predicted molar refractivity (Wildman–Crippen MR) is 94.6 cm³/mol. The Hall–Kier alpha value is -2.62. The summed E-state index contributed by atoms with van der Waals surface area (Å²) in [6, 6.07) is 11.7. The van der Waals surface area contributed by atoms with Gasteiger partial charge < -0.3 is 10.2 Å². The molecule has 0 spiro atoms. The second-order valence-corrected chi connectivity index (χ2v) is 6.56. The number of carbonyl (C=O) groups excluding carboxylic acids is 2. The Morgan fingerprint density at radius 1 is 1.08 bits per heavy atom. The molecule has 0 bridgehead atoms. The van der Waals surface area contributed by atoms with Crippen molar-refractivity contribution in [3.05, 3.63) is 58.7 Å². The van der Waals surface area contributed by atoms with Gasteiger partial charge in [0.2, 0.25) is 5.91 Å². The second kappa shape index (κ2) is 5.78. The molecule has 0 saturated carbocycles. The molecule has 0 radical (unpaired) electrons. The minimum absolute atomic E-state index is 0.0858. The van der Waals surface area contributed by atoms with E-state index in [4.69, 9.17) is 0 Å². The third kappa shape index (κ3) is 2.48. The molecule has 0 aliphatic carbocycles. The van der Waals surface area contributed by atoms with E-state index in [-0.39, 0.29) is 11.8 Å². The van der Waals surface area contributed by atoms with Gasteiger partial charge in [0.1, 0.15) is 0 Å². The fourth-order valence-corrected chi connectivity index (χ4v) is 3.69. The lowest BCUT2D eigenvalue weighted by Gasteiger charge is -2.35. The van der Waals surface area contributed by atoms with Gasteiger partial charge in [-0.05, 0) is 61.1 Å². The Morgan fingerprint density at radius 3 is 2.62 bits per heavy atom. The number of hydrogen-bond donors (Lipinski definition) is 1. The highest BCUT2D eigenvalue weighted by atomic mass is 16.2. The van der Waals surface area contributed by atoms with Crippen LogP contribution in [0.4, 0.5) is 11.4 Å². The highest BCUT2D eigenvalue weighted by Crippen LogP contribution is 2.36. The lowest BCUT2D eigenvalue weighted by Crippen LogP contribution is -2.39. The maximum atomic E-state index is 12.7. The average molecular weight is 320 g/mol. The van der Waals surface area contributed by atoms with Crippen molar-refractivity contribution in [3.8, 4) is 0 Å². The molecule has 2 aliphatic rings. The molecule has 1 N–H and O–H groups in total. The van der Waals surface area contributed by atoms with E-state index in [1.54, 1.807) is 0 Å². The summed E-state index contributed by atoms with van der Waals surface area (Å²) in [5, 5.41) is 3.00. The summed E-state index contributed by atoms with van der Waals surface area (Å²) in [5.74, 6) is 0.123. The van der Waals surface area contributed by atoms with Crippen LogP contribution >= 0.6 is 0 Å². The number of carbonyl (C=O) groups is 2. The van der Waals surface area contributed by atoms with Crippen LogP contribution in [0.15, 0.2) is 36.4 Å². The molecule has 4 heteroatoms. The quantitative estimate of drug-likeness (QED) is 0.921. The van der Waals surface area contributed by atoms with Gasteiger partial charge >= 0.3 is 0 Å². The summed E-state index contributed by atoms with van der Waals surface area (Å²) in [6.45, 7) is 2.78. The van der Waals surface area contributed by atoms with E-state index in [1.165, 1.54) is 0 Å². The zero-order valence-electron chi connectivity index (χ0n) is 13.8. The fraction of sp³-hybridized carbons (Fsp3) is 0.300. The first-order chi connectivity index (χ1) is 11.6. The van der Waals surface area contributed by atoms with Crippen molar-refractivity contribution in [2.75, 3.05) is 16.8 Å². The van der Waals surface area contributed by atoms with E-state index < -0.39 is 0 Å². The van der Waals surface area contributed by atoms with Crippen molar-refractivity contribution in [3.63, 3.8) is 0 Å². The van der Waals surface area contributed by atoms with E-state index in [2.05, 4.69) is 5.32 Å². The zero-order valence-corrected chi connectivity index (χ0v) is 13.8. The van der Waals surface area contributed by atoms with Gasteiger partial charge in [-0.1, -0.05) is 18.2 Å². The first kappa shape index (κ1) is 14.9. The second-order valence-electron chi connectivity index (χ2n) is 6.56. The number of nitrogens with zero attached hydrogens (tertiary/aromatic N) is 1. The minimum atomic E-state index is -0.0858. The molecule has 2 aromatic carbocycles. The van der Waals surface area contributed by atoms with E-state index in [0.29, 0.717) is 12.0 Å². The van der Waals surface area contributed by atoms with Crippen molar-refractivity contribution in [2.45, 2.75) is 32.6 Å². The fourth-order valence-electron chi connectivity index (χ4n) is 3.69. The summed E-state index contributed by atoms with van der Waals surface area (Å²) >= 11 is 0. The standard InChI is InChI=1S/C20H20N2O2/c1-13-5-2-3-7-17(13)21-20(24)16-11-14-6-4-10-22-18(23)9-8-15(12-16)19(14)22/h2-3,5,7,11-12H,4,6,8-10H2,1H3,(H,21,24).